The molecule has 0 heterocycles. The maximum Gasteiger partial charge on any atom is 0.123 e. The number of hydrogen-bond acceptors (Lipinski definition) is 4. The zero-order valence-electron chi connectivity index (χ0n) is 7.90. The van der Waals surface area contributed by atoms with Gasteiger partial charge >= 0.3 is 0 Å². The van der Waals surface area contributed by atoms with Gasteiger partial charge in [-0.3, -0.25) is 0 Å². The van der Waals surface area contributed by atoms with E-state index in [2.05, 4.69) is 0 Å². The van der Waals surface area contributed by atoms with Gasteiger partial charge in [0.1, 0.15) is 11.5 Å². The first kappa shape index (κ1) is 10.4. The topological polar surface area (TPSA) is 79.3 Å². The van der Waals surface area contributed by atoms with Crippen LogP contribution in [-0.4, -0.2) is 12.2 Å². The minimum absolute atomic E-state index is 0.120. The summed E-state index contributed by atoms with van der Waals surface area (Å²) in [5.41, 5.74) is 6.38. The Bertz CT molecular complexity index is 358. The largest absolute Gasteiger partial charge is 0.508 e. The van der Waals surface area contributed by atoms with E-state index in [0.29, 0.717) is 11.3 Å². The number of aromatic hydroxyl groups is 1. The summed E-state index contributed by atoms with van der Waals surface area (Å²) in [5.74, 6) is 0.708. The average Bonchev–Trinajstić information content (AvgIpc) is 2.18. The summed E-state index contributed by atoms with van der Waals surface area (Å²) in [4.78, 5) is 0. The molecule has 0 aromatic heterocycles. The number of phenols is 1. The fourth-order valence-electron chi connectivity index (χ4n) is 1.22. The average molecular weight is 192 g/mol. The molecule has 4 nitrogen and oxygen atoms in total. The zero-order chi connectivity index (χ0) is 10.6. The summed E-state index contributed by atoms with van der Waals surface area (Å²) in [6.07, 6.45) is 0.194. The van der Waals surface area contributed by atoms with E-state index in [-0.39, 0.29) is 12.2 Å². The smallest absolute Gasteiger partial charge is 0.123 e. The summed E-state index contributed by atoms with van der Waals surface area (Å²) in [6, 6.07) is 6.20. The number of hydrogen-bond donors (Lipinski definition) is 2. The van der Waals surface area contributed by atoms with E-state index in [0.717, 1.165) is 0 Å². The van der Waals surface area contributed by atoms with Gasteiger partial charge in [-0.05, 0) is 18.2 Å². The Morgan fingerprint density at radius 2 is 2.36 bits per heavy atom. The van der Waals surface area contributed by atoms with Gasteiger partial charge in [-0.2, -0.15) is 5.26 Å². The molecule has 0 saturated carbocycles. The number of nitrogens with zero attached hydrogens (tertiary/aromatic N) is 1. The summed E-state index contributed by atoms with van der Waals surface area (Å²) < 4.78 is 5.07. The summed E-state index contributed by atoms with van der Waals surface area (Å²) in [7, 11) is 1.52. The summed E-state index contributed by atoms with van der Waals surface area (Å²) in [5, 5.41) is 17.8. The van der Waals surface area contributed by atoms with Gasteiger partial charge in [-0.1, -0.05) is 0 Å². The molecule has 4 heteroatoms. The van der Waals surface area contributed by atoms with Crippen molar-refractivity contribution in [3.63, 3.8) is 0 Å². The van der Waals surface area contributed by atoms with Gasteiger partial charge in [0, 0.05) is 11.6 Å². The van der Waals surface area contributed by atoms with Crippen molar-refractivity contribution in [3.05, 3.63) is 23.8 Å². The van der Waals surface area contributed by atoms with Crippen molar-refractivity contribution in [1.29, 1.82) is 5.26 Å². The van der Waals surface area contributed by atoms with Gasteiger partial charge < -0.3 is 15.6 Å². The molecular weight excluding hydrogens is 180 g/mol. The van der Waals surface area contributed by atoms with Crippen molar-refractivity contribution >= 4 is 0 Å². The lowest BCUT2D eigenvalue weighted by Gasteiger charge is -2.12. The molecule has 0 unspecified atom stereocenters. The standard InChI is InChI=1S/C10H12N2O2/c1-14-10-3-2-7(13)6-8(10)9(12)4-5-11/h2-3,6,9,13H,4,12H2,1H3/t9-/m1/s1. The van der Waals surface area contributed by atoms with Crippen molar-refractivity contribution in [1.82, 2.24) is 0 Å². The number of rotatable bonds is 3. The second kappa shape index (κ2) is 4.49. The first-order valence-corrected chi connectivity index (χ1v) is 4.18. The summed E-state index contributed by atoms with van der Waals surface area (Å²) >= 11 is 0. The highest BCUT2D eigenvalue weighted by atomic mass is 16.5. The molecule has 1 aromatic carbocycles. The normalized spacial score (nSPS) is 11.8. The number of nitriles is 1. The van der Waals surface area contributed by atoms with Crippen LogP contribution in [0.5, 0.6) is 11.5 Å². The molecule has 0 aliphatic carbocycles. The Morgan fingerprint density at radius 3 is 2.93 bits per heavy atom. The minimum atomic E-state index is -0.429. The molecule has 0 radical (unpaired) electrons. The van der Waals surface area contributed by atoms with Crippen LogP contribution in [0.3, 0.4) is 0 Å². The van der Waals surface area contributed by atoms with Gasteiger partial charge in [0.15, 0.2) is 0 Å². The highest BCUT2D eigenvalue weighted by molar-refractivity contribution is 5.41. The Morgan fingerprint density at radius 1 is 1.64 bits per heavy atom. The second-order valence-electron chi connectivity index (χ2n) is 2.89. The van der Waals surface area contributed by atoms with Crippen LogP contribution in [0.1, 0.15) is 18.0 Å². The van der Waals surface area contributed by atoms with E-state index in [9.17, 15) is 5.11 Å². The lowest BCUT2D eigenvalue weighted by molar-refractivity contribution is 0.402. The molecule has 0 aliphatic rings. The Hall–Kier alpha value is -1.73. The molecule has 0 spiro atoms. The van der Waals surface area contributed by atoms with Crippen LogP contribution in [-0.2, 0) is 0 Å². The SMILES string of the molecule is COc1ccc(O)cc1[C@H](N)CC#N. The van der Waals surface area contributed by atoms with E-state index >= 15 is 0 Å². The fraction of sp³-hybridized carbons (Fsp3) is 0.300. The maximum absolute atomic E-state index is 9.26. The van der Waals surface area contributed by atoms with E-state index in [1.165, 1.54) is 19.2 Å². The Labute approximate surface area is 82.5 Å². The Balaban J connectivity index is 3.04. The van der Waals surface area contributed by atoms with E-state index in [1.54, 1.807) is 6.07 Å². The molecule has 1 rings (SSSR count). The van der Waals surface area contributed by atoms with Crippen molar-refractivity contribution in [3.8, 4) is 17.6 Å². The number of phenolic OH excluding ortho intramolecular Hbond substituents is 1. The van der Waals surface area contributed by atoms with E-state index < -0.39 is 6.04 Å². The molecule has 1 aromatic rings. The second-order valence-corrected chi connectivity index (χ2v) is 2.89. The first-order valence-electron chi connectivity index (χ1n) is 4.18. The van der Waals surface area contributed by atoms with E-state index in [4.69, 9.17) is 15.7 Å². The molecule has 1 atom stereocenters. The van der Waals surface area contributed by atoms with Crippen LogP contribution < -0.4 is 10.5 Å². The summed E-state index contributed by atoms with van der Waals surface area (Å²) in [6.45, 7) is 0. The highest BCUT2D eigenvalue weighted by Gasteiger charge is 2.12. The maximum atomic E-state index is 9.26. The van der Waals surface area contributed by atoms with Crippen LogP contribution in [0, 0.1) is 11.3 Å². The molecule has 0 aliphatic heterocycles. The van der Waals surface area contributed by atoms with Crippen LogP contribution in [0.25, 0.3) is 0 Å². The monoisotopic (exact) mass is 192 g/mol. The fourth-order valence-corrected chi connectivity index (χ4v) is 1.22. The number of ether oxygens (including phenoxy) is 1. The van der Waals surface area contributed by atoms with Crippen molar-refractivity contribution in [2.45, 2.75) is 12.5 Å². The minimum Gasteiger partial charge on any atom is -0.508 e. The lowest BCUT2D eigenvalue weighted by Crippen LogP contribution is -2.10. The van der Waals surface area contributed by atoms with Crippen LogP contribution in [0.2, 0.25) is 0 Å². The molecule has 3 N–H and O–H groups in total. The number of benzene rings is 1. The molecular formula is C10H12N2O2. The third-order valence-corrected chi connectivity index (χ3v) is 1.92. The van der Waals surface area contributed by atoms with Gasteiger partial charge in [0.25, 0.3) is 0 Å². The molecule has 0 amide bonds. The van der Waals surface area contributed by atoms with Gasteiger partial charge in [-0.25, -0.2) is 0 Å². The molecule has 0 bridgehead atoms. The highest BCUT2D eigenvalue weighted by Crippen LogP contribution is 2.28. The third kappa shape index (κ3) is 2.15. The number of methoxy groups -OCH3 is 1. The Kier molecular flexibility index (Phi) is 3.32. The van der Waals surface area contributed by atoms with Crippen LogP contribution in [0.15, 0.2) is 18.2 Å². The van der Waals surface area contributed by atoms with Crippen LogP contribution >= 0.6 is 0 Å². The van der Waals surface area contributed by atoms with Crippen LogP contribution in [0.4, 0.5) is 0 Å². The van der Waals surface area contributed by atoms with Crippen molar-refractivity contribution < 1.29 is 9.84 Å². The van der Waals surface area contributed by atoms with Gasteiger partial charge in [0.05, 0.1) is 19.6 Å². The number of nitrogens with two attached hydrogens (primary N) is 1. The lowest BCUT2D eigenvalue weighted by atomic mass is 10.0. The third-order valence-electron chi connectivity index (χ3n) is 1.92. The predicted molar refractivity (Wildman–Crippen MR) is 51.8 cm³/mol. The quantitative estimate of drug-likeness (QED) is 0.756. The zero-order valence-corrected chi connectivity index (χ0v) is 7.90. The van der Waals surface area contributed by atoms with Gasteiger partial charge in [-0.15, -0.1) is 0 Å². The first-order chi connectivity index (χ1) is 6.69. The molecule has 0 fully saturated rings. The van der Waals surface area contributed by atoms with Gasteiger partial charge in [0.2, 0.25) is 0 Å². The van der Waals surface area contributed by atoms with Crippen molar-refractivity contribution in [2.75, 3.05) is 7.11 Å². The van der Waals surface area contributed by atoms with Crippen molar-refractivity contribution in [2.24, 2.45) is 5.73 Å². The predicted octanol–water partition coefficient (Wildman–Crippen LogP) is 1.31. The molecule has 74 valence electrons. The molecule has 14 heavy (non-hydrogen) atoms. The van der Waals surface area contributed by atoms with E-state index in [1.807, 2.05) is 6.07 Å². The molecule has 0 saturated heterocycles.